The van der Waals surface area contributed by atoms with Gasteiger partial charge in [-0.3, -0.25) is 14.5 Å². The molecule has 0 spiro atoms. The van der Waals surface area contributed by atoms with E-state index in [-0.39, 0.29) is 28.4 Å². The zero-order chi connectivity index (χ0) is 30.8. The molecule has 226 valence electrons. The van der Waals surface area contributed by atoms with Gasteiger partial charge in [-0.2, -0.15) is 0 Å². The summed E-state index contributed by atoms with van der Waals surface area (Å²) in [6.07, 6.45) is 2.52. The molecule has 6 rings (SSSR count). The fraction of sp³-hybridized carbons (Fsp3) is 0.273. The number of hydrogen-bond acceptors (Lipinski definition) is 9. The Morgan fingerprint density at radius 3 is 2.80 bits per heavy atom. The highest BCUT2D eigenvalue weighted by molar-refractivity contribution is 8.00. The van der Waals surface area contributed by atoms with Crippen molar-refractivity contribution >= 4 is 45.7 Å². The van der Waals surface area contributed by atoms with Gasteiger partial charge >= 0.3 is 5.91 Å². The van der Waals surface area contributed by atoms with Gasteiger partial charge in [-0.25, -0.2) is 4.39 Å². The molecule has 3 heterocycles. The first-order valence-electron chi connectivity index (χ1n) is 14.4. The van der Waals surface area contributed by atoms with Gasteiger partial charge in [-0.15, -0.1) is 10.2 Å². The van der Waals surface area contributed by atoms with Crippen LogP contribution in [0.1, 0.15) is 55.0 Å². The molecule has 0 radical (unpaired) electrons. The van der Waals surface area contributed by atoms with Crippen LogP contribution in [0.4, 0.5) is 9.52 Å². The molecular weight excluding hydrogens is 602 g/mol. The molecule has 0 bridgehead atoms. The average molecular weight is 632 g/mol. The van der Waals surface area contributed by atoms with Crippen LogP contribution in [0.25, 0.3) is 5.76 Å². The number of ether oxygens (including phenoxy) is 2. The topological polar surface area (TPSA) is 102 Å². The quantitative estimate of drug-likeness (QED) is 0.0494. The Labute approximate surface area is 262 Å². The maximum Gasteiger partial charge on any atom is 0.301 e. The first kappa shape index (κ1) is 29.8. The van der Waals surface area contributed by atoms with E-state index in [9.17, 15) is 19.1 Å². The molecule has 11 heteroatoms. The monoisotopic (exact) mass is 631 g/mol. The second-order valence-electron chi connectivity index (χ2n) is 10.6. The third-order valence-corrected chi connectivity index (χ3v) is 9.57. The SMILES string of the molecule is CCCCOc1cccc([C@@H]2C(=C(O)c3ccc4c(c3)C[C@H](C)O4)C(=O)C(=O)N2c2nnc(SCc3ccccc3F)s2)c1. The van der Waals surface area contributed by atoms with Crippen LogP contribution >= 0.6 is 23.1 Å². The third-order valence-electron chi connectivity index (χ3n) is 7.47. The van der Waals surface area contributed by atoms with Crippen molar-refractivity contribution in [2.75, 3.05) is 11.5 Å². The fourth-order valence-electron chi connectivity index (χ4n) is 5.29. The summed E-state index contributed by atoms with van der Waals surface area (Å²) in [6, 6.07) is 17.9. The highest BCUT2D eigenvalue weighted by atomic mass is 32.2. The Bertz CT molecular complexity index is 1760. The van der Waals surface area contributed by atoms with Crippen LogP contribution in [0, 0.1) is 5.82 Å². The van der Waals surface area contributed by atoms with Crippen LogP contribution in [0.5, 0.6) is 11.5 Å². The summed E-state index contributed by atoms with van der Waals surface area (Å²) in [4.78, 5) is 28.6. The lowest BCUT2D eigenvalue weighted by atomic mass is 9.94. The molecule has 1 aromatic heterocycles. The van der Waals surface area contributed by atoms with Gasteiger partial charge in [-0.1, -0.05) is 66.8 Å². The lowest BCUT2D eigenvalue weighted by Gasteiger charge is -2.23. The van der Waals surface area contributed by atoms with Gasteiger partial charge in [0.15, 0.2) is 4.34 Å². The van der Waals surface area contributed by atoms with E-state index in [1.807, 2.05) is 13.0 Å². The van der Waals surface area contributed by atoms with E-state index in [0.29, 0.717) is 45.6 Å². The molecule has 44 heavy (non-hydrogen) atoms. The Morgan fingerprint density at radius 1 is 1.14 bits per heavy atom. The fourth-order valence-corrected chi connectivity index (χ4v) is 7.15. The second kappa shape index (κ2) is 12.8. The first-order valence-corrected chi connectivity index (χ1v) is 16.2. The lowest BCUT2D eigenvalue weighted by molar-refractivity contribution is -0.132. The summed E-state index contributed by atoms with van der Waals surface area (Å²) in [5.74, 6) is -0.611. The van der Waals surface area contributed by atoms with E-state index in [1.54, 1.807) is 54.6 Å². The minimum Gasteiger partial charge on any atom is -0.507 e. The highest BCUT2D eigenvalue weighted by Gasteiger charge is 2.48. The maximum absolute atomic E-state index is 14.2. The zero-order valence-corrected chi connectivity index (χ0v) is 25.8. The Hall–Kier alpha value is -4.22. The van der Waals surface area contributed by atoms with E-state index >= 15 is 0 Å². The predicted octanol–water partition coefficient (Wildman–Crippen LogP) is 7.10. The molecule has 2 atom stereocenters. The van der Waals surface area contributed by atoms with Gasteiger partial charge in [-0.05, 0) is 66.4 Å². The Kier molecular flexibility index (Phi) is 8.67. The van der Waals surface area contributed by atoms with Crippen LogP contribution in [-0.4, -0.2) is 39.7 Å². The van der Waals surface area contributed by atoms with Crippen molar-refractivity contribution in [2.45, 2.75) is 55.3 Å². The Morgan fingerprint density at radius 2 is 1.98 bits per heavy atom. The van der Waals surface area contributed by atoms with Crippen LogP contribution in [0.15, 0.2) is 76.6 Å². The van der Waals surface area contributed by atoms with E-state index in [0.717, 1.165) is 35.5 Å². The minimum atomic E-state index is -0.981. The number of aromatic nitrogens is 2. The smallest absolute Gasteiger partial charge is 0.301 e. The van der Waals surface area contributed by atoms with Crippen molar-refractivity contribution < 1.29 is 28.6 Å². The minimum absolute atomic E-state index is 0.00581. The summed E-state index contributed by atoms with van der Waals surface area (Å²) in [6.45, 7) is 4.56. The number of amides is 1. The maximum atomic E-state index is 14.2. The number of unbranched alkanes of at least 4 members (excludes halogenated alkanes) is 1. The van der Waals surface area contributed by atoms with Gasteiger partial charge in [0, 0.05) is 17.7 Å². The van der Waals surface area contributed by atoms with Crippen LogP contribution in [-0.2, 0) is 21.8 Å². The number of carbonyl (C=O) groups is 2. The molecule has 8 nitrogen and oxygen atoms in total. The van der Waals surface area contributed by atoms with E-state index in [4.69, 9.17) is 9.47 Å². The molecule has 4 aromatic rings. The van der Waals surface area contributed by atoms with Crippen molar-refractivity contribution in [1.29, 1.82) is 0 Å². The van der Waals surface area contributed by atoms with Crippen LogP contribution in [0.2, 0.25) is 0 Å². The molecule has 2 aliphatic heterocycles. The molecule has 3 aromatic carbocycles. The van der Waals surface area contributed by atoms with Gasteiger partial charge in [0.2, 0.25) is 5.13 Å². The van der Waals surface area contributed by atoms with Crippen molar-refractivity contribution in [1.82, 2.24) is 10.2 Å². The molecule has 1 fully saturated rings. The number of carbonyl (C=O) groups excluding carboxylic acids is 2. The summed E-state index contributed by atoms with van der Waals surface area (Å²) < 4.78 is 26.4. The molecule has 0 unspecified atom stereocenters. The van der Waals surface area contributed by atoms with Gasteiger partial charge in [0.05, 0.1) is 18.2 Å². The number of ketones is 1. The number of benzene rings is 3. The number of fused-ring (bicyclic) bond motifs is 1. The zero-order valence-electron chi connectivity index (χ0n) is 24.2. The number of nitrogens with zero attached hydrogens (tertiary/aromatic N) is 3. The number of anilines is 1. The van der Waals surface area contributed by atoms with E-state index < -0.39 is 17.7 Å². The summed E-state index contributed by atoms with van der Waals surface area (Å²) in [5, 5.41) is 20.3. The van der Waals surface area contributed by atoms with Crippen LogP contribution < -0.4 is 14.4 Å². The standard InChI is InChI=1S/C33H30FN3O5S2/c1-3-4-14-41-24-10-7-9-20(17-24)28-27(29(38)21-12-13-26-23(16-21)15-19(2)42-26)30(39)31(40)37(28)32-35-36-33(44-32)43-18-22-8-5-6-11-25(22)34/h5-13,16-17,19,28,38H,3-4,14-15,18H2,1-2H3/t19-,28+/m0/s1. The number of Topliss-reactive ketones (excluding diaryl/α,β-unsaturated/α-hetero) is 1. The highest BCUT2D eigenvalue weighted by Crippen LogP contribution is 2.45. The average Bonchev–Trinajstić information content (AvgIpc) is 3.71. The number of aliphatic hydroxyl groups is 1. The lowest BCUT2D eigenvalue weighted by Crippen LogP contribution is -2.29. The molecule has 1 N–H and O–H groups in total. The van der Waals surface area contributed by atoms with Crippen molar-refractivity contribution in [3.63, 3.8) is 0 Å². The number of rotatable bonds is 10. The summed E-state index contributed by atoms with van der Waals surface area (Å²) >= 11 is 2.41. The molecular formula is C33H30FN3O5S2. The molecule has 0 saturated carbocycles. The van der Waals surface area contributed by atoms with Crippen molar-refractivity contribution in [2.24, 2.45) is 0 Å². The Balaban J connectivity index is 1.39. The normalized spacial score (nSPS) is 18.8. The molecule has 0 aliphatic carbocycles. The van der Waals surface area contributed by atoms with E-state index in [2.05, 4.69) is 17.1 Å². The number of thioether (sulfide) groups is 1. The first-order chi connectivity index (χ1) is 21.3. The van der Waals surface area contributed by atoms with Crippen molar-refractivity contribution in [3.05, 3.63) is 100 Å². The molecule has 1 saturated heterocycles. The number of hydrogen-bond donors (Lipinski definition) is 1. The predicted molar refractivity (Wildman–Crippen MR) is 168 cm³/mol. The summed E-state index contributed by atoms with van der Waals surface area (Å²) in [5.41, 5.74) is 2.37. The third kappa shape index (κ3) is 5.94. The number of aliphatic hydroxyl groups excluding tert-OH is 1. The molecule has 1 amide bonds. The number of halogens is 1. The van der Waals surface area contributed by atoms with E-state index in [1.165, 1.54) is 22.7 Å². The summed E-state index contributed by atoms with van der Waals surface area (Å²) in [7, 11) is 0. The van der Waals surface area contributed by atoms with Crippen LogP contribution in [0.3, 0.4) is 0 Å². The molecule has 2 aliphatic rings. The largest absolute Gasteiger partial charge is 0.507 e. The second-order valence-corrected chi connectivity index (χ2v) is 12.8. The van der Waals surface area contributed by atoms with Crippen molar-refractivity contribution in [3.8, 4) is 11.5 Å². The van der Waals surface area contributed by atoms with Gasteiger partial charge in [0.25, 0.3) is 5.78 Å². The van der Waals surface area contributed by atoms with Gasteiger partial charge in [0.1, 0.15) is 29.2 Å². The van der Waals surface area contributed by atoms with Gasteiger partial charge < -0.3 is 14.6 Å².